The fourth-order valence-electron chi connectivity index (χ4n) is 2.89. The van der Waals surface area contributed by atoms with Crippen molar-refractivity contribution in [2.75, 3.05) is 37.7 Å². The van der Waals surface area contributed by atoms with Gasteiger partial charge in [0.25, 0.3) is 0 Å². The smallest absolute Gasteiger partial charge is 0.150 e. The molecule has 1 N–H and O–H groups in total. The lowest BCUT2D eigenvalue weighted by molar-refractivity contribution is 0.198. The molecule has 1 heterocycles. The summed E-state index contributed by atoms with van der Waals surface area (Å²) in [4.78, 5) is 2.56. The molecule has 2 fully saturated rings. The van der Waals surface area contributed by atoms with E-state index in [0.29, 0.717) is 5.75 Å². The Kier molecular flexibility index (Phi) is 5.66. The van der Waals surface area contributed by atoms with Crippen LogP contribution in [0.15, 0.2) is 0 Å². The molecule has 5 heteroatoms. The second kappa shape index (κ2) is 7.04. The van der Waals surface area contributed by atoms with Crippen molar-refractivity contribution in [2.45, 2.75) is 45.1 Å². The summed E-state index contributed by atoms with van der Waals surface area (Å²) in [5.74, 6) is 1.45. The lowest BCUT2D eigenvalue weighted by Gasteiger charge is -2.30. The Morgan fingerprint density at radius 2 is 1.84 bits per heavy atom. The summed E-state index contributed by atoms with van der Waals surface area (Å²) in [6, 6.07) is 0.749. The zero-order valence-corrected chi connectivity index (χ0v) is 12.9. The van der Waals surface area contributed by atoms with E-state index in [1.165, 1.54) is 32.2 Å². The van der Waals surface area contributed by atoms with Crippen molar-refractivity contribution in [3.05, 3.63) is 0 Å². The van der Waals surface area contributed by atoms with Gasteiger partial charge >= 0.3 is 0 Å². The van der Waals surface area contributed by atoms with Crippen LogP contribution in [0.1, 0.15) is 39.0 Å². The van der Waals surface area contributed by atoms with Crippen molar-refractivity contribution in [2.24, 2.45) is 5.92 Å². The molecule has 1 aliphatic heterocycles. The zero-order valence-electron chi connectivity index (χ0n) is 12.1. The fourth-order valence-corrected chi connectivity index (χ4v) is 3.75. The van der Waals surface area contributed by atoms with Crippen LogP contribution in [0.2, 0.25) is 0 Å². The van der Waals surface area contributed by atoms with Gasteiger partial charge in [-0.25, -0.2) is 8.42 Å². The number of piperidine rings is 1. The standard InChI is InChI=1S/C14H28N2O2S/c1-2-19(17,18)11-3-10-16(14-4-5-14)12-13-6-8-15-9-7-13/h13-15H,2-12H2,1H3. The van der Waals surface area contributed by atoms with Gasteiger partial charge in [-0.3, -0.25) is 0 Å². The SMILES string of the molecule is CCS(=O)(=O)CCCN(CC1CCNCC1)C1CC1. The first-order chi connectivity index (χ1) is 9.11. The molecule has 2 aliphatic rings. The quantitative estimate of drug-likeness (QED) is 0.731. The molecule has 0 unspecified atom stereocenters. The molecule has 0 amide bonds. The van der Waals surface area contributed by atoms with Crippen LogP contribution in [0.4, 0.5) is 0 Å². The van der Waals surface area contributed by atoms with Gasteiger partial charge in [-0.15, -0.1) is 0 Å². The largest absolute Gasteiger partial charge is 0.317 e. The highest BCUT2D eigenvalue weighted by Crippen LogP contribution is 2.29. The Bertz CT molecular complexity index is 360. The minimum atomic E-state index is -2.79. The molecule has 4 nitrogen and oxygen atoms in total. The molecule has 1 saturated carbocycles. The zero-order chi connectivity index (χ0) is 13.7. The van der Waals surface area contributed by atoms with Crippen molar-refractivity contribution in [3.8, 4) is 0 Å². The Morgan fingerprint density at radius 3 is 2.42 bits per heavy atom. The van der Waals surface area contributed by atoms with Crippen molar-refractivity contribution < 1.29 is 8.42 Å². The highest BCUT2D eigenvalue weighted by Gasteiger charge is 2.30. The highest BCUT2D eigenvalue weighted by molar-refractivity contribution is 7.91. The van der Waals surface area contributed by atoms with Gasteiger partial charge in [-0.1, -0.05) is 6.92 Å². The summed E-state index contributed by atoms with van der Waals surface area (Å²) in [5.41, 5.74) is 0. The van der Waals surface area contributed by atoms with Gasteiger partial charge in [0.1, 0.15) is 9.84 Å². The Morgan fingerprint density at radius 1 is 1.16 bits per heavy atom. The lowest BCUT2D eigenvalue weighted by Crippen LogP contribution is -2.38. The predicted molar refractivity (Wildman–Crippen MR) is 79.1 cm³/mol. The van der Waals surface area contributed by atoms with Crippen LogP contribution in [0.5, 0.6) is 0 Å². The van der Waals surface area contributed by atoms with Gasteiger partial charge < -0.3 is 10.2 Å². The Labute approximate surface area is 117 Å². The predicted octanol–water partition coefficient (Wildman–Crippen LogP) is 1.28. The third-order valence-electron chi connectivity index (χ3n) is 4.36. The molecule has 0 spiro atoms. The summed E-state index contributed by atoms with van der Waals surface area (Å²) in [7, 11) is -2.79. The van der Waals surface area contributed by atoms with Crippen LogP contribution < -0.4 is 5.32 Å². The van der Waals surface area contributed by atoms with E-state index in [2.05, 4.69) is 10.2 Å². The first-order valence-electron chi connectivity index (χ1n) is 7.76. The van der Waals surface area contributed by atoms with Gasteiger partial charge in [0.05, 0.1) is 5.75 Å². The molecule has 1 saturated heterocycles. The summed E-state index contributed by atoms with van der Waals surface area (Å²) < 4.78 is 23.1. The average molecular weight is 288 g/mol. The van der Waals surface area contributed by atoms with E-state index in [-0.39, 0.29) is 5.75 Å². The molecule has 19 heavy (non-hydrogen) atoms. The second-order valence-corrected chi connectivity index (χ2v) is 8.48. The third-order valence-corrected chi connectivity index (χ3v) is 6.15. The molecule has 0 aromatic carbocycles. The summed E-state index contributed by atoms with van der Waals surface area (Å²) in [6.45, 7) is 6.18. The molecule has 0 aromatic heterocycles. The van der Waals surface area contributed by atoms with E-state index in [0.717, 1.165) is 38.0 Å². The maximum atomic E-state index is 11.5. The Balaban J connectivity index is 1.73. The van der Waals surface area contributed by atoms with E-state index in [1.54, 1.807) is 6.92 Å². The number of rotatable bonds is 8. The van der Waals surface area contributed by atoms with E-state index >= 15 is 0 Å². The first-order valence-corrected chi connectivity index (χ1v) is 9.58. The monoisotopic (exact) mass is 288 g/mol. The number of hydrogen-bond donors (Lipinski definition) is 1. The topological polar surface area (TPSA) is 49.4 Å². The van der Waals surface area contributed by atoms with Gasteiger partial charge in [-0.05, 0) is 57.7 Å². The van der Waals surface area contributed by atoms with Gasteiger partial charge in [-0.2, -0.15) is 0 Å². The van der Waals surface area contributed by atoms with Crippen LogP contribution in [0.25, 0.3) is 0 Å². The molecular formula is C14H28N2O2S. The Hall–Kier alpha value is -0.130. The van der Waals surface area contributed by atoms with Crippen LogP contribution in [-0.4, -0.2) is 57.0 Å². The second-order valence-electron chi connectivity index (χ2n) is 6.01. The fraction of sp³-hybridized carbons (Fsp3) is 1.00. The summed E-state index contributed by atoms with van der Waals surface area (Å²) >= 11 is 0. The van der Waals surface area contributed by atoms with E-state index in [4.69, 9.17) is 0 Å². The molecule has 112 valence electrons. The highest BCUT2D eigenvalue weighted by atomic mass is 32.2. The van der Waals surface area contributed by atoms with E-state index in [9.17, 15) is 8.42 Å². The molecular weight excluding hydrogens is 260 g/mol. The van der Waals surface area contributed by atoms with Crippen LogP contribution in [0.3, 0.4) is 0 Å². The van der Waals surface area contributed by atoms with E-state index in [1.807, 2.05) is 0 Å². The minimum Gasteiger partial charge on any atom is -0.317 e. The molecule has 0 radical (unpaired) electrons. The molecule has 2 rings (SSSR count). The first kappa shape index (κ1) is 15.3. The normalized spacial score (nSPS) is 22.0. The number of hydrogen-bond acceptors (Lipinski definition) is 4. The maximum absolute atomic E-state index is 11.5. The van der Waals surface area contributed by atoms with Crippen molar-refractivity contribution >= 4 is 9.84 Å². The summed E-state index contributed by atoms with van der Waals surface area (Å²) in [5, 5.41) is 3.41. The van der Waals surface area contributed by atoms with Gasteiger partial charge in [0.15, 0.2) is 0 Å². The lowest BCUT2D eigenvalue weighted by atomic mass is 9.97. The number of sulfone groups is 1. The van der Waals surface area contributed by atoms with Crippen LogP contribution in [-0.2, 0) is 9.84 Å². The molecule has 0 bridgehead atoms. The maximum Gasteiger partial charge on any atom is 0.150 e. The minimum absolute atomic E-state index is 0.282. The van der Waals surface area contributed by atoms with Crippen molar-refractivity contribution in [3.63, 3.8) is 0 Å². The van der Waals surface area contributed by atoms with Gasteiger partial charge in [0.2, 0.25) is 0 Å². The third kappa shape index (κ3) is 5.40. The average Bonchev–Trinajstić information content (AvgIpc) is 3.23. The molecule has 1 aliphatic carbocycles. The molecule has 0 atom stereocenters. The van der Waals surface area contributed by atoms with Crippen molar-refractivity contribution in [1.29, 1.82) is 0 Å². The summed E-state index contributed by atoms with van der Waals surface area (Å²) in [6.07, 6.45) is 5.97. The van der Waals surface area contributed by atoms with E-state index < -0.39 is 9.84 Å². The van der Waals surface area contributed by atoms with Gasteiger partial charge in [0, 0.05) is 18.3 Å². The molecule has 0 aromatic rings. The van der Waals surface area contributed by atoms with Crippen molar-refractivity contribution in [1.82, 2.24) is 10.2 Å². The van der Waals surface area contributed by atoms with Crippen LogP contribution >= 0.6 is 0 Å². The number of nitrogens with zero attached hydrogens (tertiary/aromatic N) is 1. The number of nitrogens with one attached hydrogen (secondary N) is 1. The van der Waals surface area contributed by atoms with Crippen LogP contribution in [0, 0.1) is 5.92 Å².